The summed E-state index contributed by atoms with van der Waals surface area (Å²) in [5, 5.41) is 7.63. The molecule has 0 amide bonds. The van der Waals surface area contributed by atoms with Crippen LogP contribution in [-0.2, 0) is 13.6 Å². The summed E-state index contributed by atoms with van der Waals surface area (Å²) in [4.78, 5) is 7.16. The molecule has 1 fully saturated rings. The highest BCUT2D eigenvalue weighted by Gasteiger charge is 2.26. The number of likely N-dealkylation sites (tertiary alicyclic amines) is 1. The summed E-state index contributed by atoms with van der Waals surface area (Å²) in [6.45, 7) is 5.63. The van der Waals surface area contributed by atoms with E-state index in [4.69, 9.17) is 9.73 Å². The van der Waals surface area contributed by atoms with E-state index in [-0.39, 0.29) is 24.0 Å². The van der Waals surface area contributed by atoms with E-state index >= 15 is 0 Å². The van der Waals surface area contributed by atoms with Gasteiger partial charge in [-0.3, -0.25) is 4.68 Å². The van der Waals surface area contributed by atoms with E-state index in [1.165, 1.54) is 5.56 Å². The van der Waals surface area contributed by atoms with Crippen molar-refractivity contribution in [2.24, 2.45) is 12.0 Å². The van der Waals surface area contributed by atoms with Gasteiger partial charge in [-0.15, -0.1) is 24.0 Å². The van der Waals surface area contributed by atoms with Gasteiger partial charge in [0.1, 0.15) is 5.75 Å². The van der Waals surface area contributed by atoms with E-state index in [1.807, 2.05) is 36.1 Å². The van der Waals surface area contributed by atoms with Gasteiger partial charge < -0.3 is 15.0 Å². The predicted molar refractivity (Wildman–Crippen MR) is 115 cm³/mol. The van der Waals surface area contributed by atoms with Crippen LogP contribution in [0.15, 0.2) is 41.5 Å². The Kier molecular flexibility index (Phi) is 7.74. The number of nitrogens with one attached hydrogen (secondary N) is 1. The Morgan fingerprint density at radius 2 is 2.08 bits per heavy atom. The van der Waals surface area contributed by atoms with Crippen molar-refractivity contribution < 1.29 is 4.74 Å². The third-order valence-corrected chi connectivity index (χ3v) is 4.72. The van der Waals surface area contributed by atoms with Gasteiger partial charge in [-0.25, -0.2) is 4.99 Å². The first kappa shape index (κ1) is 20.5. The second-order valence-corrected chi connectivity index (χ2v) is 6.32. The number of guanidine groups is 1. The van der Waals surface area contributed by atoms with Crippen molar-refractivity contribution in [3.63, 3.8) is 0 Å². The zero-order valence-corrected chi connectivity index (χ0v) is 18.0. The fourth-order valence-corrected chi connectivity index (χ4v) is 3.24. The molecule has 1 aromatic heterocycles. The molecule has 0 bridgehead atoms. The minimum Gasteiger partial charge on any atom is -0.497 e. The summed E-state index contributed by atoms with van der Waals surface area (Å²) in [7, 11) is 3.65. The molecule has 2 aromatic rings. The van der Waals surface area contributed by atoms with Gasteiger partial charge in [-0.05, 0) is 37.1 Å². The van der Waals surface area contributed by atoms with E-state index in [0.717, 1.165) is 43.5 Å². The van der Waals surface area contributed by atoms with Gasteiger partial charge in [-0.2, -0.15) is 5.10 Å². The minimum absolute atomic E-state index is 0. The van der Waals surface area contributed by atoms with Gasteiger partial charge >= 0.3 is 0 Å². The van der Waals surface area contributed by atoms with Crippen molar-refractivity contribution in [1.82, 2.24) is 20.0 Å². The van der Waals surface area contributed by atoms with Crippen LogP contribution >= 0.6 is 24.0 Å². The van der Waals surface area contributed by atoms with Crippen molar-refractivity contribution >= 4 is 29.9 Å². The van der Waals surface area contributed by atoms with Crippen LogP contribution in [0.3, 0.4) is 0 Å². The zero-order chi connectivity index (χ0) is 17.6. The van der Waals surface area contributed by atoms with Crippen LogP contribution in [0.5, 0.6) is 5.75 Å². The maximum Gasteiger partial charge on any atom is 0.194 e. The Hall–Kier alpha value is -1.77. The quantitative estimate of drug-likeness (QED) is 0.416. The summed E-state index contributed by atoms with van der Waals surface area (Å²) in [6, 6.07) is 10.4. The molecule has 1 saturated heterocycles. The first-order valence-corrected chi connectivity index (χ1v) is 8.85. The van der Waals surface area contributed by atoms with Crippen LogP contribution in [0.4, 0.5) is 0 Å². The molecule has 142 valence electrons. The van der Waals surface area contributed by atoms with E-state index in [2.05, 4.69) is 34.4 Å². The van der Waals surface area contributed by atoms with Gasteiger partial charge in [-0.1, -0.05) is 12.1 Å². The molecule has 7 heteroatoms. The monoisotopic (exact) mass is 469 g/mol. The molecule has 1 aliphatic rings. The Bertz CT molecular complexity index is 713. The molecule has 0 aliphatic carbocycles. The lowest BCUT2D eigenvalue weighted by atomic mass is 9.98. The smallest absolute Gasteiger partial charge is 0.194 e. The first-order chi connectivity index (χ1) is 12.2. The van der Waals surface area contributed by atoms with Gasteiger partial charge in [0.15, 0.2) is 5.96 Å². The molecule has 1 aromatic carbocycles. The lowest BCUT2D eigenvalue weighted by Crippen LogP contribution is -2.40. The van der Waals surface area contributed by atoms with Crippen LogP contribution in [0, 0.1) is 0 Å². The fraction of sp³-hybridized carbons (Fsp3) is 0.474. The molecule has 2 heterocycles. The molecule has 1 unspecified atom stereocenters. The number of hydrogen-bond acceptors (Lipinski definition) is 3. The van der Waals surface area contributed by atoms with Crippen molar-refractivity contribution in [3.05, 3.63) is 47.8 Å². The number of hydrogen-bond donors (Lipinski definition) is 1. The SMILES string of the molecule is CCNC(=NCc1ccnn1C)N1CCC(c2ccc(OC)cc2)C1.I. The van der Waals surface area contributed by atoms with Gasteiger partial charge in [0, 0.05) is 38.8 Å². The van der Waals surface area contributed by atoms with Crippen LogP contribution < -0.4 is 10.1 Å². The summed E-state index contributed by atoms with van der Waals surface area (Å²) in [5.41, 5.74) is 2.48. The van der Waals surface area contributed by atoms with Crippen LogP contribution in [0.1, 0.15) is 30.5 Å². The number of aryl methyl sites for hydroxylation is 1. The third-order valence-electron chi connectivity index (χ3n) is 4.72. The first-order valence-electron chi connectivity index (χ1n) is 8.85. The van der Waals surface area contributed by atoms with E-state index in [1.54, 1.807) is 7.11 Å². The van der Waals surface area contributed by atoms with Crippen molar-refractivity contribution in [3.8, 4) is 5.75 Å². The lowest BCUT2D eigenvalue weighted by molar-refractivity contribution is 0.414. The number of benzene rings is 1. The normalized spacial score (nSPS) is 17.1. The standard InChI is InChI=1S/C19H27N5O.HI/c1-4-20-19(21-13-17-9-11-22-23(17)2)24-12-10-16(14-24)15-5-7-18(25-3)8-6-15;/h5-9,11,16H,4,10,12-14H2,1-3H3,(H,20,21);1H. The van der Waals surface area contributed by atoms with Crippen LogP contribution in [0.2, 0.25) is 0 Å². The lowest BCUT2D eigenvalue weighted by Gasteiger charge is -2.22. The third kappa shape index (κ3) is 4.90. The molecule has 1 aliphatic heterocycles. The summed E-state index contributed by atoms with van der Waals surface area (Å²) >= 11 is 0. The molecule has 0 spiro atoms. The van der Waals surface area contributed by atoms with Crippen molar-refractivity contribution in [2.75, 3.05) is 26.7 Å². The Balaban J connectivity index is 0.00000243. The number of halogens is 1. The molecule has 6 nitrogen and oxygen atoms in total. The van der Waals surface area contributed by atoms with Crippen LogP contribution in [-0.4, -0.2) is 47.4 Å². The number of aliphatic imine (C=N–C) groups is 1. The molecule has 26 heavy (non-hydrogen) atoms. The average Bonchev–Trinajstić information content (AvgIpc) is 3.28. The summed E-state index contributed by atoms with van der Waals surface area (Å²) in [5.74, 6) is 2.43. The van der Waals surface area contributed by atoms with E-state index in [9.17, 15) is 0 Å². The van der Waals surface area contributed by atoms with E-state index in [0.29, 0.717) is 12.5 Å². The molecule has 0 radical (unpaired) electrons. The fourth-order valence-electron chi connectivity index (χ4n) is 3.24. The number of aromatic nitrogens is 2. The molecule has 1 atom stereocenters. The van der Waals surface area contributed by atoms with Crippen molar-refractivity contribution in [1.29, 1.82) is 0 Å². The average molecular weight is 469 g/mol. The second kappa shape index (κ2) is 9.80. The van der Waals surface area contributed by atoms with Gasteiger partial charge in [0.05, 0.1) is 19.3 Å². The highest BCUT2D eigenvalue weighted by atomic mass is 127. The minimum atomic E-state index is 0. The van der Waals surface area contributed by atoms with Crippen molar-refractivity contribution in [2.45, 2.75) is 25.8 Å². The highest BCUT2D eigenvalue weighted by molar-refractivity contribution is 14.0. The largest absolute Gasteiger partial charge is 0.497 e. The number of nitrogens with zero attached hydrogens (tertiary/aromatic N) is 4. The molecule has 3 rings (SSSR count). The Labute approximate surface area is 172 Å². The predicted octanol–water partition coefficient (Wildman–Crippen LogP) is 3.00. The van der Waals surface area contributed by atoms with Gasteiger partial charge in [0.2, 0.25) is 0 Å². The van der Waals surface area contributed by atoms with Crippen LogP contribution in [0.25, 0.3) is 0 Å². The second-order valence-electron chi connectivity index (χ2n) is 6.32. The maximum atomic E-state index is 5.25. The van der Waals surface area contributed by atoms with Gasteiger partial charge in [0.25, 0.3) is 0 Å². The molecule has 1 N–H and O–H groups in total. The maximum absolute atomic E-state index is 5.25. The Morgan fingerprint density at radius 3 is 2.69 bits per heavy atom. The summed E-state index contributed by atoms with van der Waals surface area (Å²) < 4.78 is 7.13. The number of methoxy groups -OCH3 is 1. The molecular weight excluding hydrogens is 441 g/mol. The Morgan fingerprint density at radius 1 is 1.31 bits per heavy atom. The molecule has 0 saturated carbocycles. The van der Waals surface area contributed by atoms with E-state index < -0.39 is 0 Å². The zero-order valence-electron chi connectivity index (χ0n) is 15.7. The highest BCUT2D eigenvalue weighted by Crippen LogP contribution is 2.28. The summed E-state index contributed by atoms with van der Waals surface area (Å²) in [6.07, 6.45) is 2.95. The number of rotatable bonds is 5. The topological polar surface area (TPSA) is 54.7 Å². The number of ether oxygens (including phenoxy) is 1. The molecular formula is C19H28IN5O.